The fourth-order valence-electron chi connectivity index (χ4n) is 1.94. The van der Waals surface area contributed by atoms with Gasteiger partial charge in [-0.1, -0.05) is 18.2 Å². The lowest BCUT2D eigenvalue weighted by molar-refractivity contribution is -0.117. The molecule has 0 aliphatic rings. The predicted molar refractivity (Wildman–Crippen MR) is 81.9 cm³/mol. The number of benzene rings is 1. The van der Waals surface area contributed by atoms with E-state index in [2.05, 4.69) is 5.32 Å². The Kier molecular flexibility index (Phi) is 5.21. The molecule has 0 aliphatic heterocycles. The highest BCUT2D eigenvalue weighted by Crippen LogP contribution is 2.19. The van der Waals surface area contributed by atoms with Gasteiger partial charge in [-0.3, -0.25) is 4.79 Å². The van der Waals surface area contributed by atoms with Gasteiger partial charge in [0.05, 0.1) is 18.9 Å². The first-order valence-corrected chi connectivity index (χ1v) is 6.94. The van der Waals surface area contributed by atoms with Crippen LogP contribution in [0.1, 0.15) is 31.2 Å². The molecule has 0 saturated heterocycles. The van der Waals surface area contributed by atoms with Crippen molar-refractivity contribution in [3.05, 3.63) is 60.1 Å². The van der Waals surface area contributed by atoms with Crippen molar-refractivity contribution in [2.45, 2.75) is 19.9 Å². The maximum absolute atomic E-state index is 11.9. The Morgan fingerprint density at radius 2 is 2.14 bits per heavy atom. The van der Waals surface area contributed by atoms with E-state index in [0.29, 0.717) is 6.61 Å². The standard InChI is InChI=1S/C17H19NO3/c1-3-20-16-8-5-4-7-14(16)10-11-17(19)18-13(2)15-9-6-12-21-15/h4-13H,3H2,1-2H3,(H,18,19)/b11-10+/t13-/m0/s1. The maximum Gasteiger partial charge on any atom is 0.244 e. The highest BCUT2D eigenvalue weighted by Gasteiger charge is 2.09. The summed E-state index contributed by atoms with van der Waals surface area (Å²) in [4.78, 5) is 11.9. The van der Waals surface area contributed by atoms with E-state index >= 15 is 0 Å². The molecule has 4 heteroatoms. The molecule has 1 aromatic carbocycles. The average molecular weight is 285 g/mol. The van der Waals surface area contributed by atoms with Crippen LogP contribution in [0.25, 0.3) is 6.08 Å². The Hall–Kier alpha value is -2.49. The Balaban J connectivity index is 1.99. The molecule has 0 fully saturated rings. The van der Waals surface area contributed by atoms with Crippen molar-refractivity contribution in [3.63, 3.8) is 0 Å². The maximum atomic E-state index is 11.9. The minimum atomic E-state index is -0.176. The minimum absolute atomic E-state index is 0.167. The summed E-state index contributed by atoms with van der Waals surface area (Å²) < 4.78 is 10.8. The van der Waals surface area contributed by atoms with Crippen LogP contribution in [0, 0.1) is 0 Å². The van der Waals surface area contributed by atoms with E-state index in [1.54, 1.807) is 18.4 Å². The molecule has 0 spiro atoms. The fraction of sp³-hybridized carbons (Fsp3) is 0.235. The SMILES string of the molecule is CCOc1ccccc1/C=C/C(=O)N[C@@H](C)c1ccco1. The molecular weight excluding hydrogens is 266 g/mol. The van der Waals surface area contributed by atoms with E-state index < -0.39 is 0 Å². The second-order valence-electron chi connectivity index (χ2n) is 4.55. The molecule has 1 amide bonds. The number of ether oxygens (including phenoxy) is 1. The first-order valence-electron chi connectivity index (χ1n) is 6.94. The minimum Gasteiger partial charge on any atom is -0.493 e. The molecule has 4 nitrogen and oxygen atoms in total. The van der Waals surface area contributed by atoms with Gasteiger partial charge in [0.15, 0.2) is 0 Å². The number of hydrogen-bond acceptors (Lipinski definition) is 3. The Labute approximate surface area is 124 Å². The van der Waals surface area contributed by atoms with Crippen LogP contribution in [0.4, 0.5) is 0 Å². The molecule has 0 bridgehead atoms. The zero-order valence-electron chi connectivity index (χ0n) is 12.2. The number of hydrogen-bond donors (Lipinski definition) is 1. The quantitative estimate of drug-likeness (QED) is 0.825. The van der Waals surface area contributed by atoms with Crippen molar-refractivity contribution in [2.75, 3.05) is 6.61 Å². The fourth-order valence-corrected chi connectivity index (χ4v) is 1.94. The summed E-state index contributed by atoms with van der Waals surface area (Å²) in [5.41, 5.74) is 0.875. The lowest BCUT2D eigenvalue weighted by Gasteiger charge is -2.09. The molecular formula is C17H19NO3. The van der Waals surface area contributed by atoms with Gasteiger partial charge in [-0.15, -0.1) is 0 Å². The largest absolute Gasteiger partial charge is 0.493 e. The van der Waals surface area contributed by atoms with E-state index in [-0.39, 0.29) is 11.9 Å². The zero-order chi connectivity index (χ0) is 15.1. The number of furan rings is 1. The van der Waals surface area contributed by atoms with Gasteiger partial charge in [-0.05, 0) is 38.1 Å². The van der Waals surface area contributed by atoms with Crippen molar-refractivity contribution in [1.82, 2.24) is 5.32 Å². The summed E-state index contributed by atoms with van der Waals surface area (Å²) in [6.07, 6.45) is 4.83. The van der Waals surface area contributed by atoms with E-state index in [1.165, 1.54) is 6.08 Å². The molecule has 2 aromatic rings. The molecule has 0 radical (unpaired) electrons. The zero-order valence-corrected chi connectivity index (χ0v) is 12.2. The van der Waals surface area contributed by atoms with Crippen LogP contribution in [-0.4, -0.2) is 12.5 Å². The van der Waals surface area contributed by atoms with Crippen LogP contribution >= 0.6 is 0 Å². The third-order valence-electron chi connectivity index (χ3n) is 2.96. The number of para-hydroxylation sites is 1. The smallest absolute Gasteiger partial charge is 0.244 e. The lowest BCUT2D eigenvalue weighted by Crippen LogP contribution is -2.24. The van der Waals surface area contributed by atoms with Gasteiger partial charge in [-0.25, -0.2) is 0 Å². The normalized spacial score (nSPS) is 12.3. The van der Waals surface area contributed by atoms with E-state index in [4.69, 9.17) is 9.15 Å². The molecule has 1 N–H and O–H groups in total. The molecule has 1 aromatic heterocycles. The molecule has 1 heterocycles. The molecule has 2 rings (SSSR count). The molecule has 0 unspecified atom stereocenters. The second kappa shape index (κ2) is 7.33. The van der Waals surface area contributed by atoms with Gasteiger partial charge >= 0.3 is 0 Å². The van der Waals surface area contributed by atoms with Gasteiger partial charge in [0.1, 0.15) is 11.5 Å². The van der Waals surface area contributed by atoms with Crippen molar-refractivity contribution in [2.24, 2.45) is 0 Å². The molecule has 0 aliphatic carbocycles. The van der Waals surface area contributed by atoms with Gasteiger partial charge < -0.3 is 14.5 Å². The Morgan fingerprint density at radius 3 is 2.86 bits per heavy atom. The predicted octanol–water partition coefficient (Wildman–Crippen LogP) is 3.57. The molecule has 0 saturated carbocycles. The van der Waals surface area contributed by atoms with Crippen LogP contribution in [0.3, 0.4) is 0 Å². The second-order valence-corrected chi connectivity index (χ2v) is 4.55. The summed E-state index contributed by atoms with van der Waals surface area (Å²) in [7, 11) is 0. The lowest BCUT2D eigenvalue weighted by atomic mass is 10.2. The van der Waals surface area contributed by atoms with Crippen LogP contribution in [0.15, 0.2) is 53.2 Å². The number of carbonyl (C=O) groups excluding carboxylic acids is 1. The summed E-state index contributed by atoms with van der Waals surface area (Å²) in [6, 6.07) is 11.1. The molecule has 110 valence electrons. The third kappa shape index (κ3) is 4.24. The molecule has 21 heavy (non-hydrogen) atoms. The Bertz CT molecular complexity index is 602. The van der Waals surface area contributed by atoms with Crippen LogP contribution in [-0.2, 0) is 4.79 Å². The number of carbonyl (C=O) groups is 1. The van der Waals surface area contributed by atoms with Crippen molar-refractivity contribution in [1.29, 1.82) is 0 Å². The van der Waals surface area contributed by atoms with Crippen molar-refractivity contribution >= 4 is 12.0 Å². The van der Waals surface area contributed by atoms with Crippen LogP contribution < -0.4 is 10.1 Å². The van der Waals surface area contributed by atoms with Gasteiger partial charge in [0.25, 0.3) is 0 Å². The number of nitrogens with one attached hydrogen (secondary N) is 1. The Morgan fingerprint density at radius 1 is 1.33 bits per heavy atom. The summed E-state index contributed by atoms with van der Waals surface area (Å²) in [6.45, 7) is 4.39. The first-order chi connectivity index (χ1) is 10.2. The summed E-state index contributed by atoms with van der Waals surface area (Å²) >= 11 is 0. The average Bonchev–Trinajstić information content (AvgIpc) is 3.01. The first kappa shape index (κ1) is 14.9. The number of amides is 1. The topological polar surface area (TPSA) is 51.5 Å². The third-order valence-corrected chi connectivity index (χ3v) is 2.96. The highest BCUT2D eigenvalue weighted by molar-refractivity contribution is 5.92. The van der Waals surface area contributed by atoms with Gasteiger partial charge in [0.2, 0.25) is 5.91 Å². The van der Waals surface area contributed by atoms with Gasteiger partial charge in [0, 0.05) is 11.6 Å². The van der Waals surface area contributed by atoms with Crippen LogP contribution in [0.2, 0.25) is 0 Å². The van der Waals surface area contributed by atoms with E-state index in [9.17, 15) is 4.79 Å². The highest BCUT2D eigenvalue weighted by atomic mass is 16.5. The van der Waals surface area contributed by atoms with Gasteiger partial charge in [-0.2, -0.15) is 0 Å². The van der Waals surface area contributed by atoms with Crippen molar-refractivity contribution in [3.8, 4) is 5.75 Å². The van der Waals surface area contributed by atoms with Crippen molar-refractivity contribution < 1.29 is 13.9 Å². The van der Waals surface area contributed by atoms with E-state index in [1.807, 2.05) is 44.2 Å². The number of rotatable bonds is 6. The molecule has 1 atom stereocenters. The summed E-state index contributed by atoms with van der Waals surface area (Å²) in [5, 5.41) is 2.84. The van der Waals surface area contributed by atoms with E-state index in [0.717, 1.165) is 17.1 Å². The van der Waals surface area contributed by atoms with Crippen LogP contribution in [0.5, 0.6) is 5.75 Å². The monoisotopic (exact) mass is 285 g/mol. The summed E-state index contributed by atoms with van der Waals surface area (Å²) in [5.74, 6) is 1.32.